The summed E-state index contributed by atoms with van der Waals surface area (Å²) >= 11 is 4.20. The van der Waals surface area contributed by atoms with Crippen LogP contribution in [0.3, 0.4) is 0 Å². The maximum Gasteiger partial charge on any atom is 0.176 e. The molecule has 0 bridgehead atoms. The highest BCUT2D eigenvalue weighted by Crippen LogP contribution is 2.37. The van der Waals surface area contributed by atoms with Crippen LogP contribution in [0.15, 0.2) is 0 Å². The second-order valence-corrected chi connectivity index (χ2v) is 8.41. The van der Waals surface area contributed by atoms with Gasteiger partial charge >= 0.3 is 0 Å². The number of hydrogen-bond acceptors (Lipinski definition) is 6. The second kappa shape index (κ2) is 7.66. The molecule has 0 aromatic carbocycles. The molecule has 0 aliphatic carbocycles. The van der Waals surface area contributed by atoms with Crippen LogP contribution in [0.5, 0.6) is 0 Å². The van der Waals surface area contributed by atoms with Crippen LogP contribution in [-0.2, 0) is 13.5 Å². The smallest absolute Gasteiger partial charge is 0.176 e. The average Bonchev–Trinajstić information content (AvgIpc) is 2.83. The fourth-order valence-electron chi connectivity index (χ4n) is 2.29. The maximum atomic E-state index is 4.33. The lowest BCUT2D eigenvalue weighted by molar-refractivity contribution is 0.493. The monoisotopic (exact) mass is 315 g/mol. The van der Waals surface area contributed by atoms with Crippen molar-refractivity contribution >= 4 is 23.5 Å². The van der Waals surface area contributed by atoms with Crippen molar-refractivity contribution in [2.45, 2.75) is 55.4 Å². The zero-order chi connectivity index (χ0) is 14.5. The molecule has 114 valence electrons. The van der Waals surface area contributed by atoms with Crippen LogP contribution in [0, 0.1) is 0 Å². The van der Waals surface area contributed by atoms with Gasteiger partial charge in [0, 0.05) is 34.0 Å². The molecule has 1 aliphatic rings. The fourth-order valence-corrected chi connectivity index (χ4v) is 5.41. The van der Waals surface area contributed by atoms with Gasteiger partial charge in [-0.15, -0.1) is 10.2 Å². The van der Waals surface area contributed by atoms with Gasteiger partial charge in [-0.25, -0.2) is 0 Å². The lowest BCUT2D eigenvalue weighted by atomic mass is 10.1. The Labute approximate surface area is 130 Å². The highest BCUT2D eigenvalue weighted by atomic mass is 32.2. The number of hydrogen-bond donors (Lipinski definition) is 1. The number of nitrogens with one attached hydrogen (secondary N) is 1. The molecule has 1 aliphatic heterocycles. The first-order chi connectivity index (χ1) is 9.60. The first-order valence-corrected chi connectivity index (χ1v) is 9.32. The van der Waals surface area contributed by atoms with E-state index < -0.39 is 0 Å². The minimum absolute atomic E-state index is 0.437. The van der Waals surface area contributed by atoms with Gasteiger partial charge in [-0.3, -0.25) is 0 Å². The average molecular weight is 316 g/mol. The molecular weight excluding hydrogens is 290 g/mol. The molecule has 0 amide bonds. The molecule has 2 heterocycles. The first-order valence-electron chi connectivity index (χ1n) is 7.33. The molecule has 1 fully saturated rings. The normalized spacial score (nSPS) is 28.5. The molecule has 4 atom stereocenters. The SMILES string of the molecule is CCCNC(Cc1nnn(C)n1)C1CSC(C)C(C)S1. The van der Waals surface area contributed by atoms with Crippen LogP contribution in [-0.4, -0.2) is 54.3 Å². The van der Waals surface area contributed by atoms with Crippen molar-refractivity contribution in [3.05, 3.63) is 5.82 Å². The van der Waals surface area contributed by atoms with Crippen LogP contribution >= 0.6 is 23.5 Å². The van der Waals surface area contributed by atoms with Gasteiger partial charge in [-0.05, 0) is 18.2 Å². The van der Waals surface area contributed by atoms with E-state index in [4.69, 9.17) is 0 Å². The Bertz CT molecular complexity index is 411. The number of aryl methyl sites for hydroxylation is 1. The molecule has 0 radical (unpaired) electrons. The molecule has 20 heavy (non-hydrogen) atoms. The van der Waals surface area contributed by atoms with Crippen LogP contribution in [0.1, 0.15) is 33.0 Å². The zero-order valence-electron chi connectivity index (χ0n) is 12.7. The Morgan fingerprint density at radius 1 is 1.40 bits per heavy atom. The largest absolute Gasteiger partial charge is 0.312 e. The molecule has 0 spiro atoms. The van der Waals surface area contributed by atoms with E-state index in [2.05, 4.69) is 65.0 Å². The first kappa shape index (κ1) is 16.1. The molecule has 1 aromatic rings. The number of nitrogens with zero attached hydrogens (tertiary/aromatic N) is 4. The highest BCUT2D eigenvalue weighted by molar-refractivity contribution is 8.07. The van der Waals surface area contributed by atoms with E-state index in [1.807, 2.05) is 7.05 Å². The van der Waals surface area contributed by atoms with Crippen LogP contribution in [0.25, 0.3) is 0 Å². The number of rotatable bonds is 6. The molecule has 2 rings (SSSR count). The molecule has 1 saturated heterocycles. The molecule has 5 nitrogen and oxygen atoms in total. The third kappa shape index (κ3) is 4.36. The predicted molar refractivity (Wildman–Crippen MR) is 87.3 cm³/mol. The molecule has 7 heteroatoms. The molecule has 4 unspecified atom stereocenters. The van der Waals surface area contributed by atoms with Crippen LogP contribution < -0.4 is 5.32 Å². The summed E-state index contributed by atoms with van der Waals surface area (Å²) < 4.78 is 0. The Morgan fingerprint density at radius 2 is 2.20 bits per heavy atom. The van der Waals surface area contributed by atoms with E-state index in [-0.39, 0.29) is 0 Å². The lowest BCUT2D eigenvalue weighted by Gasteiger charge is -2.36. The van der Waals surface area contributed by atoms with Crippen molar-refractivity contribution in [3.8, 4) is 0 Å². The molecular formula is C13H25N5S2. The van der Waals surface area contributed by atoms with Gasteiger partial charge in [0.15, 0.2) is 5.82 Å². The number of aromatic nitrogens is 4. The van der Waals surface area contributed by atoms with Crippen molar-refractivity contribution in [1.29, 1.82) is 0 Å². The van der Waals surface area contributed by atoms with Crippen LogP contribution in [0.2, 0.25) is 0 Å². The summed E-state index contributed by atoms with van der Waals surface area (Å²) in [4.78, 5) is 1.54. The maximum absolute atomic E-state index is 4.33. The molecule has 1 aromatic heterocycles. The summed E-state index contributed by atoms with van der Waals surface area (Å²) in [7, 11) is 1.82. The standard InChI is InChI=1S/C13H25N5S2/c1-5-6-14-11(7-13-15-17-18(4)16-13)12-8-19-9(2)10(3)20-12/h9-12,14H,5-8H2,1-4H3. The van der Waals surface area contributed by atoms with Crippen molar-refractivity contribution < 1.29 is 0 Å². The fraction of sp³-hybridized carbons (Fsp3) is 0.923. The van der Waals surface area contributed by atoms with Gasteiger partial charge in [0.05, 0.1) is 7.05 Å². The van der Waals surface area contributed by atoms with E-state index in [0.29, 0.717) is 16.5 Å². The third-order valence-corrected chi connectivity index (χ3v) is 7.18. The van der Waals surface area contributed by atoms with Crippen molar-refractivity contribution in [3.63, 3.8) is 0 Å². The minimum atomic E-state index is 0.437. The third-order valence-electron chi connectivity index (χ3n) is 3.63. The predicted octanol–water partition coefficient (Wildman–Crippen LogP) is 1.75. The summed E-state index contributed by atoms with van der Waals surface area (Å²) in [6.45, 7) is 7.93. The van der Waals surface area contributed by atoms with Crippen LogP contribution in [0.4, 0.5) is 0 Å². The number of tetrazole rings is 1. The minimum Gasteiger partial charge on any atom is -0.312 e. The van der Waals surface area contributed by atoms with Gasteiger partial charge in [0.1, 0.15) is 0 Å². The summed E-state index contributed by atoms with van der Waals surface area (Å²) in [6.07, 6.45) is 2.02. The van der Waals surface area contributed by atoms with E-state index in [9.17, 15) is 0 Å². The summed E-state index contributed by atoms with van der Waals surface area (Å²) in [5.41, 5.74) is 0. The van der Waals surface area contributed by atoms with Crippen molar-refractivity contribution in [2.75, 3.05) is 12.3 Å². The van der Waals surface area contributed by atoms with E-state index in [1.54, 1.807) is 4.80 Å². The van der Waals surface area contributed by atoms with Gasteiger partial charge in [0.25, 0.3) is 0 Å². The van der Waals surface area contributed by atoms with E-state index >= 15 is 0 Å². The Kier molecular flexibility index (Phi) is 6.17. The Morgan fingerprint density at radius 3 is 2.80 bits per heavy atom. The summed E-state index contributed by atoms with van der Waals surface area (Å²) in [5, 5.41) is 18.2. The topological polar surface area (TPSA) is 55.6 Å². The zero-order valence-corrected chi connectivity index (χ0v) is 14.4. The van der Waals surface area contributed by atoms with Crippen molar-refractivity contribution in [1.82, 2.24) is 25.5 Å². The number of thioether (sulfide) groups is 2. The molecule has 1 N–H and O–H groups in total. The van der Waals surface area contributed by atoms with E-state index in [0.717, 1.165) is 30.5 Å². The lowest BCUT2D eigenvalue weighted by Crippen LogP contribution is -2.45. The van der Waals surface area contributed by atoms with Gasteiger partial charge in [-0.1, -0.05) is 20.8 Å². The Hall–Kier alpha value is -0.270. The van der Waals surface area contributed by atoms with Gasteiger partial charge < -0.3 is 5.32 Å². The van der Waals surface area contributed by atoms with Gasteiger partial charge in [-0.2, -0.15) is 28.3 Å². The molecule has 0 saturated carbocycles. The summed E-state index contributed by atoms with van der Waals surface area (Å²) in [5.74, 6) is 2.05. The second-order valence-electron chi connectivity index (χ2n) is 5.38. The summed E-state index contributed by atoms with van der Waals surface area (Å²) in [6, 6.07) is 0.437. The van der Waals surface area contributed by atoms with Crippen molar-refractivity contribution in [2.24, 2.45) is 7.05 Å². The van der Waals surface area contributed by atoms with E-state index in [1.165, 1.54) is 5.75 Å². The quantitative estimate of drug-likeness (QED) is 0.863. The van der Waals surface area contributed by atoms with Gasteiger partial charge in [0.2, 0.25) is 0 Å². The Balaban J connectivity index is 1.99. The highest BCUT2D eigenvalue weighted by Gasteiger charge is 2.31.